The highest BCUT2D eigenvalue weighted by atomic mass is 16.5. The van der Waals surface area contributed by atoms with E-state index < -0.39 is 0 Å². The fourth-order valence-corrected chi connectivity index (χ4v) is 1.81. The van der Waals surface area contributed by atoms with E-state index in [0.29, 0.717) is 0 Å². The lowest BCUT2D eigenvalue weighted by atomic mass is 10.1. The number of rotatable bonds is 6. The molecule has 0 saturated carbocycles. The van der Waals surface area contributed by atoms with E-state index in [1.54, 1.807) is 0 Å². The second-order valence-corrected chi connectivity index (χ2v) is 4.77. The van der Waals surface area contributed by atoms with Gasteiger partial charge in [-0.05, 0) is 45.1 Å². The van der Waals surface area contributed by atoms with Crippen molar-refractivity contribution in [2.24, 2.45) is 5.73 Å². The van der Waals surface area contributed by atoms with Gasteiger partial charge in [-0.1, -0.05) is 19.1 Å². The molecule has 0 bridgehead atoms. The summed E-state index contributed by atoms with van der Waals surface area (Å²) in [6.45, 7) is 5.08. The molecule has 1 aromatic carbocycles. The van der Waals surface area contributed by atoms with Crippen molar-refractivity contribution in [2.75, 3.05) is 20.6 Å². The molecule has 0 aliphatic carbocycles. The Morgan fingerprint density at radius 3 is 2.29 bits per heavy atom. The van der Waals surface area contributed by atoms with E-state index >= 15 is 0 Å². The zero-order chi connectivity index (χ0) is 12.8. The van der Waals surface area contributed by atoms with Gasteiger partial charge in [0.15, 0.2) is 0 Å². The number of hydrogen-bond donors (Lipinski definition) is 1. The molecule has 0 amide bonds. The summed E-state index contributed by atoms with van der Waals surface area (Å²) in [4.78, 5) is 2.12. The first kappa shape index (κ1) is 14.0. The van der Waals surface area contributed by atoms with Gasteiger partial charge in [-0.15, -0.1) is 0 Å². The average Bonchev–Trinajstić information content (AvgIpc) is 2.28. The van der Waals surface area contributed by atoms with Crippen molar-refractivity contribution in [3.05, 3.63) is 29.8 Å². The van der Waals surface area contributed by atoms with E-state index in [9.17, 15) is 0 Å². The van der Waals surface area contributed by atoms with Crippen LogP contribution in [0.15, 0.2) is 24.3 Å². The number of likely N-dealkylation sites (N-methyl/N-ethyl adjacent to an activating group) is 1. The smallest absolute Gasteiger partial charge is 0.119 e. The first-order valence-electron chi connectivity index (χ1n) is 6.19. The van der Waals surface area contributed by atoms with Gasteiger partial charge >= 0.3 is 0 Å². The molecule has 3 heteroatoms. The summed E-state index contributed by atoms with van der Waals surface area (Å²) in [5, 5.41) is 0. The maximum Gasteiger partial charge on any atom is 0.119 e. The maximum atomic E-state index is 5.96. The predicted octanol–water partition coefficient (Wildman–Crippen LogP) is 2.43. The molecule has 17 heavy (non-hydrogen) atoms. The van der Waals surface area contributed by atoms with Crippen LogP contribution < -0.4 is 10.5 Å². The minimum Gasteiger partial charge on any atom is -0.489 e. The third kappa shape index (κ3) is 4.75. The zero-order valence-corrected chi connectivity index (χ0v) is 11.3. The van der Waals surface area contributed by atoms with Crippen LogP contribution >= 0.6 is 0 Å². The summed E-state index contributed by atoms with van der Waals surface area (Å²) >= 11 is 0. The molecule has 0 saturated heterocycles. The van der Waals surface area contributed by atoms with Crippen molar-refractivity contribution >= 4 is 0 Å². The summed E-state index contributed by atoms with van der Waals surface area (Å²) in [7, 11) is 4.09. The lowest BCUT2D eigenvalue weighted by Gasteiger charge is -2.19. The van der Waals surface area contributed by atoms with Gasteiger partial charge in [0.1, 0.15) is 11.9 Å². The van der Waals surface area contributed by atoms with Gasteiger partial charge in [-0.3, -0.25) is 0 Å². The van der Waals surface area contributed by atoms with Crippen LogP contribution in [0.5, 0.6) is 5.75 Å². The van der Waals surface area contributed by atoms with Crippen molar-refractivity contribution in [1.82, 2.24) is 4.90 Å². The monoisotopic (exact) mass is 236 g/mol. The number of nitrogens with two attached hydrogens (primary N) is 1. The van der Waals surface area contributed by atoms with Gasteiger partial charge in [0.25, 0.3) is 0 Å². The molecule has 3 nitrogen and oxygen atoms in total. The number of ether oxygens (including phenoxy) is 1. The summed E-state index contributed by atoms with van der Waals surface area (Å²) in [6.07, 6.45) is 1.15. The highest BCUT2D eigenvalue weighted by molar-refractivity contribution is 5.29. The van der Waals surface area contributed by atoms with Crippen LogP contribution in [-0.2, 0) is 0 Å². The molecule has 0 aromatic heterocycles. The Morgan fingerprint density at radius 1 is 1.24 bits per heavy atom. The standard InChI is InChI=1S/C14H24N2O/c1-5-14(15)12-6-8-13(9-7-12)17-11(2)10-16(3)4/h6-9,11,14H,5,10,15H2,1-4H3/t11?,14-/m1/s1. The van der Waals surface area contributed by atoms with Crippen molar-refractivity contribution < 1.29 is 4.74 Å². The fourth-order valence-electron chi connectivity index (χ4n) is 1.81. The first-order valence-corrected chi connectivity index (χ1v) is 6.19. The zero-order valence-electron chi connectivity index (χ0n) is 11.3. The normalized spacial score (nSPS) is 14.7. The lowest BCUT2D eigenvalue weighted by Crippen LogP contribution is -2.27. The Morgan fingerprint density at radius 2 is 1.82 bits per heavy atom. The van der Waals surface area contributed by atoms with E-state index in [0.717, 1.165) is 18.7 Å². The van der Waals surface area contributed by atoms with Gasteiger partial charge in [0, 0.05) is 12.6 Å². The second kappa shape index (κ2) is 6.62. The average molecular weight is 236 g/mol. The van der Waals surface area contributed by atoms with Crippen LogP contribution in [0.25, 0.3) is 0 Å². The van der Waals surface area contributed by atoms with Crippen molar-refractivity contribution in [3.8, 4) is 5.75 Å². The molecule has 0 fully saturated rings. The molecule has 0 aliphatic rings. The molecule has 0 radical (unpaired) electrons. The fraction of sp³-hybridized carbons (Fsp3) is 0.571. The van der Waals surface area contributed by atoms with Gasteiger partial charge < -0.3 is 15.4 Å². The second-order valence-electron chi connectivity index (χ2n) is 4.77. The molecule has 96 valence electrons. The van der Waals surface area contributed by atoms with E-state index in [1.807, 2.05) is 38.4 Å². The first-order chi connectivity index (χ1) is 8.02. The van der Waals surface area contributed by atoms with Crippen LogP contribution in [0.2, 0.25) is 0 Å². The van der Waals surface area contributed by atoms with E-state index in [4.69, 9.17) is 10.5 Å². The SMILES string of the molecule is CC[C@@H](N)c1ccc(OC(C)CN(C)C)cc1. The minimum absolute atomic E-state index is 0.128. The largest absolute Gasteiger partial charge is 0.489 e. The minimum atomic E-state index is 0.128. The molecule has 1 unspecified atom stereocenters. The summed E-state index contributed by atoms with van der Waals surface area (Å²) in [5.74, 6) is 0.909. The van der Waals surface area contributed by atoms with Crippen LogP contribution in [0.3, 0.4) is 0 Å². The molecule has 2 atom stereocenters. The maximum absolute atomic E-state index is 5.96. The van der Waals surface area contributed by atoms with Gasteiger partial charge in [-0.2, -0.15) is 0 Å². The Hall–Kier alpha value is -1.06. The Kier molecular flexibility index (Phi) is 5.45. The molecular weight excluding hydrogens is 212 g/mol. The summed E-state index contributed by atoms with van der Waals surface area (Å²) < 4.78 is 5.81. The molecule has 0 spiro atoms. The molecular formula is C14H24N2O. The van der Waals surface area contributed by atoms with Crippen LogP contribution in [0.4, 0.5) is 0 Å². The van der Waals surface area contributed by atoms with E-state index in [-0.39, 0.29) is 12.1 Å². The summed E-state index contributed by atoms with van der Waals surface area (Å²) in [6, 6.07) is 8.22. The van der Waals surface area contributed by atoms with Gasteiger partial charge in [-0.25, -0.2) is 0 Å². The molecule has 1 rings (SSSR count). The van der Waals surface area contributed by atoms with Crippen molar-refractivity contribution in [2.45, 2.75) is 32.4 Å². The predicted molar refractivity (Wildman–Crippen MR) is 72.3 cm³/mol. The molecule has 0 heterocycles. The Balaban J connectivity index is 2.56. The van der Waals surface area contributed by atoms with Crippen LogP contribution in [-0.4, -0.2) is 31.6 Å². The highest BCUT2D eigenvalue weighted by Crippen LogP contribution is 2.19. The Bertz CT molecular complexity index is 321. The third-order valence-corrected chi connectivity index (χ3v) is 2.71. The molecule has 0 aliphatic heterocycles. The quantitative estimate of drug-likeness (QED) is 0.824. The highest BCUT2D eigenvalue weighted by Gasteiger charge is 2.06. The van der Waals surface area contributed by atoms with Crippen LogP contribution in [0, 0.1) is 0 Å². The number of hydrogen-bond acceptors (Lipinski definition) is 3. The molecule has 1 aromatic rings. The van der Waals surface area contributed by atoms with Gasteiger partial charge in [0.05, 0.1) is 0 Å². The van der Waals surface area contributed by atoms with Gasteiger partial charge in [0.2, 0.25) is 0 Å². The topological polar surface area (TPSA) is 38.5 Å². The van der Waals surface area contributed by atoms with Crippen LogP contribution in [0.1, 0.15) is 31.9 Å². The van der Waals surface area contributed by atoms with Crippen molar-refractivity contribution in [3.63, 3.8) is 0 Å². The lowest BCUT2D eigenvalue weighted by molar-refractivity contribution is 0.177. The number of nitrogens with zero attached hydrogens (tertiary/aromatic N) is 1. The molecule has 2 N–H and O–H groups in total. The van der Waals surface area contributed by atoms with E-state index in [1.165, 1.54) is 5.56 Å². The van der Waals surface area contributed by atoms with Crippen molar-refractivity contribution in [1.29, 1.82) is 0 Å². The van der Waals surface area contributed by atoms with E-state index in [2.05, 4.69) is 18.7 Å². The summed E-state index contributed by atoms with van der Waals surface area (Å²) in [5.41, 5.74) is 7.13. The third-order valence-electron chi connectivity index (χ3n) is 2.71. The number of benzene rings is 1. The Labute approximate surface area is 105 Å².